The van der Waals surface area contributed by atoms with Crippen LogP contribution in [0.3, 0.4) is 0 Å². The Morgan fingerprint density at radius 1 is 1.09 bits per heavy atom. The van der Waals surface area contributed by atoms with Gasteiger partial charge in [0, 0.05) is 13.1 Å². The van der Waals surface area contributed by atoms with Gasteiger partial charge >= 0.3 is 6.09 Å². The van der Waals surface area contributed by atoms with E-state index in [2.05, 4.69) is 19.1 Å². The summed E-state index contributed by atoms with van der Waals surface area (Å²) in [6.07, 6.45) is 2.74. The molecule has 0 spiro atoms. The fourth-order valence-corrected chi connectivity index (χ4v) is 1.88. The van der Waals surface area contributed by atoms with Gasteiger partial charge in [0.25, 0.3) is 0 Å². The number of ether oxygens (including phenoxy) is 1. The molecule has 22 heavy (non-hydrogen) atoms. The molecule has 3 nitrogen and oxygen atoms in total. The number of nitrogens with zero attached hydrogens (tertiary/aromatic N) is 1. The van der Waals surface area contributed by atoms with Crippen molar-refractivity contribution in [2.75, 3.05) is 13.1 Å². The van der Waals surface area contributed by atoms with Crippen LogP contribution in [0.1, 0.15) is 59.9 Å². The topological polar surface area (TPSA) is 29.5 Å². The first kappa shape index (κ1) is 20.5. The smallest absolute Gasteiger partial charge is 0.410 e. The minimum absolute atomic E-state index is 0.207. The SMILES string of the molecule is CC.CCCCN(CCc1ccccc1)C(=O)OC(C)(C)C. The normalized spacial score (nSPS) is 10.5. The quantitative estimate of drug-likeness (QED) is 0.714. The van der Waals surface area contributed by atoms with Crippen LogP contribution in [0, 0.1) is 0 Å². The van der Waals surface area contributed by atoms with Crippen molar-refractivity contribution in [3.63, 3.8) is 0 Å². The Labute approximate surface area is 136 Å². The molecule has 0 radical (unpaired) electrons. The molecule has 1 amide bonds. The summed E-state index contributed by atoms with van der Waals surface area (Å²) in [5, 5.41) is 0. The highest BCUT2D eigenvalue weighted by Gasteiger charge is 2.21. The van der Waals surface area contributed by atoms with Gasteiger partial charge in [0.1, 0.15) is 5.60 Å². The fraction of sp³-hybridized carbons (Fsp3) is 0.632. The highest BCUT2D eigenvalue weighted by molar-refractivity contribution is 5.68. The van der Waals surface area contributed by atoms with E-state index in [0.717, 1.165) is 25.8 Å². The van der Waals surface area contributed by atoms with Crippen molar-refractivity contribution in [3.05, 3.63) is 35.9 Å². The zero-order valence-electron chi connectivity index (χ0n) is 15.2. The first-order valence-electron chi connectivity index (χ1n) is 8.44. The maximum atomic E-state index is 12.2. The molecule has 1 rings (SSSR count). The van der Waals surface area contributed by atoms with Gasteiger partial charge in [-0.2, -0.15) is 0 Å². The Balaban J connectivity index is 0.00000211. The summed E-state index contributed by atoms with van der Waals surface area (Å²) < 4.78 is 5.47. The van der Waals surface area contributed by atoms with Crippen LogP contribution in [0.5, 0.6) is 0 Å². The molecule has 1 aromatic carbocycles. The summed E-state index contributed by atoms with van der Waals surface area (Å²) in [5.41, 5.74) is 0.812. The van der Waals surface area contributed by atoms with Gasteiger partial charge in [-0.1, -0.05) is 57.5 Å². The first-order chi connectivity index (χ1) is 10.4. The van der Waals surface area contributed by atoms with E-state index < -0.39 is 5.60 Å². The Hall–Kier alpha value is -1.51. The van der Waals surface area contributed by atoms with Gasteiger partial charge in [-0.15, -0.1) is 0 Å². The van der Waals surface area contributed by atoms with Crippen molar-refractivity contribution in [2.45, 2.75) is 66.4 Å². The van der Waals surface area contributed by atoms with Crippen LogP contribution < -0.4 is 0 Å². The standard InChI is InChI=1S/C17H27NO2.C2H6/c1-5-6-13-18(16(19)20-17(2,3)4)14-12-15-10-8-7-9-11-15;1-2/h7-11H,5-6,12-14H2,1-4H3;1-2H3. The summed E-state index contributed by atoms with van der Waals surface area (Å²) in [6.45, 7) is 13.3. The summed E-state index contributed by atoms with van der Waals surface area (Å²) in [7, 11) is 0. The van der Waals surface area contributed by atoms with Crippen LogP contribution in [-0.4, -0.2) is 29.7 Å². The van der Waals surface area contributed by atoms with E-state index in [-0.39, 0.29) is 6.09 Å². The van der Waals surface area contributed by atoms with E-state index in [1.807, 2.05) is 57.7 Å². The summed E-state index contributed by atoms with van der Waals surface area (Å²) >= 11 is 0. The predicted molar refractivity (Wildman–Crippen MR) is 94.2 cm³/mol. The van der Waals surface area contributed by atoms with E-state index in [1.54, 1.807) is 0 Å². The van der Waals surface area contributed by atoms with Gasteiger partial charge in [0.2, 0.25) is 0 Å². The molecule has 0 unspecified atom stereocenters. The minimum Gasteiger partial charge on any atom is -0.444 e. The minimum atomic E-state index is -0.436. The van der Waals surface area contributed by atoms with Crippen LogP contribution in [-0.2, 0) is 11.2 Å². The molecule has 0 aliphatic rings. The maximum absolute atomic E-state index is 12.2. The monoisotopic (exact) mass is 307 g/mol. The molecule has 0 heterocycles. The van der Waals surface area contributed by atoms with E-state index in [9.17, 15) is 4.79 Å². The number of rotatable bonds is 6. The fourth-order valence-electron chi connectivity index (χ4n) is 1.88. The number of unbranched alkanes of at least 4 members (excludes halogenated alkanes) is 1. The molecule has 0 aliphatic heterocycles. The van der Waals surface area contributed by atoms with Gasteiger partial charge in [-0.25, -0.2) is 4.79 Å². The number of hydrogen-bond acceptors (Lipinski definition) is 2. The maximum Gasteiger partial charge on any atom is 0.410 e. The Kier molecular flexibility index (Phi) is 10.3. The van der Waals surface area contributed by atoms with Gasteiger partial charge < -0.3 is 9.64 Å². The lowest BCUT2D eigenvalue weighted by atomic mass is 10.1. The summed E-state index contributed by atoms with van der Waals surface area (Å²) in [5.74, 6) is 0. The van der Waals surface area contributed by atoms with Crippen molar-refractivity contribution in [3.8, 4) is 0 Å². The molecular formula is C19H33NO2. The zero-order valence-corrected chi connectivity index (χ0v) is 15.2. The Morgan fingerprint density at radius 2 is 1.68 bits per heavy atom. The number of carbonyl (C=O) groups excluding carboxylic acids is 1. The van der Waals surface area contributed by atoms with Crippen LogP contribution in [0.4, 0.5) is 4.79 Å². The molecule has 3 heteroatoms. The molecule has 0 bridgehead atoms. The van der Waals surface area contributed by atoms with Crippen molar-refractivity contribution >= 4 is 6.09 Å². The van der Waals surface area contributed by atoms with E-state index in [4.69, 9.17) is 4.74 Å². The van der Waals surface area contributed by atoms with E-state index in [1.165, 1.54) is 5.56 Å². The summed E-state index contributed by atoms with van der Waals surface area (Å²) in [4.78, 5) is 14.0. The highest BCUT2D eigenvalue weighted by atomic mass is 16.6. The zero-order chi connectivity index (χ0) is 17.0. The predicted octanol–water partition coefficient (Wildman–Crippen LogP) is 5.29. The second-order valence-electron chi connectivity index (χ2n) is 6.06. The molecule has 0 aliphatic carbocycles. The molecule has 0 fully saturated rings. The third-order valence-electron chi connectivity index (χ3n) is 2.95. The number of benzene rings is 1. The average Bonchev–Trinajstić information content (AvgIpc) is 2.48. The molecule has 0 saturated carbocycles. The molecule has 126 valence electrons. The number of hydrogen-bond donors (Lipinski definition) is 0. The number of amides is 1. The molecule has 0 N–H and O–H groups in total. The largest absolute Gasteiger partial charge is 0.444 e. The third-order valence-corrected chi connectivity index (χ3v) is 2.95. The molecule has 0 atom stereocenters. The van der Waals surface area contributed by atoms with Crippen molar-refractivity contribution in [2.24, 2.45) is 0 Å². The van der Waals surface area contributed by atoms with Crippen molar-refractivity contribution in [1.82, 2.24) is 4.90 Å². The Bertz CT molecular complexity index is 396. The van der Waals surface area contributed by atoms with Crippen LogP contribution >= 0.6 is 0 Å². The summed E-state index contributed by atoms with van der Waals surface area (Å²) in [6, 6.07) is 10.2. The Morgan fingerprint density at radius 3 is 2.18 bits per heavy atom. The molecular weight excluding hydrogens is 274 g/mol. The van der Waals surface area contributed by atoms with Crippen LogP contribution in [0.15, 0.2) is 30.3 Å². The van der Waals surface area contributed by atoms with Gasteiger partial charge in [0.15, 0.2) is 0 Å². The number of carbonyl (C=O) groups is 1. The molecule has 0 aromatic heterocycles. The molecule has 1 aromatic rings. The van der Waals surface area contributed by atoms with Crippen molar-refractivity contribution in [1.29, 1.82) is 0 Å². The van der Waals surface area contributed by atoms with Gasteiger partial charge in [0.05, 0.1) is 0 Å². The highest BCUT2D eigenvalue weighted by Crippen LogP contribution is 2.11. The van der Waals surface area contributed by atoms with E-state index in [0.29, 0.717) is 6.54 Å². The van der Waals surface area contributed by atoms with Crippen molar-refractivity contribution < 1.29 is 9.53 Å². The van der Waals surface area contributed by atoms with Gasteiger partial charge in [-0.05, 0) is 39.2 Å². The lowest BCUT2D eigenvalue weighted by Crippen LogP contribution is -2.38. The van der Waals surface area contributed by atoms with Crippen LogP contribution in [0.25, 0.3) is 0 Å². The average molecular weight is 307 g/mol. The van der Waals surface area contributed by atoms with Gasteiger partial charge in [-0.3, -0.25) is 0 Å². The van der Waals surface area contributed by atoms with E-state index >= 15 is 0 Å². The second-order valence-corrected chi connectivity index (χ2v) is 6.06. The first-order valence-corrected chi connectivity index (χ1v) is 8.44. The lowest BCUT2D eigenvalue weighted by Gasteiger charge is -2.27. The second kappa shape index (κ2) is 11.1. The third kappa shape index (κ3) is 9.43. The lowest BCUT2D eigenvalue weighted by molar-refractivity contribution is 0.0249. The molecule has 0 saturated heterocycles. The van der Waals surface area contributed by atoms with Crippen LogP contribution in [0.2, 0.25) is 0 Å².